The first-order valence-corrected chi connectivity index (χ1v) is 6.70. The fourth-order valence-corrected chi connectivity index (χ4v) is 2.39. The third kappa shape index (κ3) is 4.15. The molecule has 0 amide bonds. The van der Waals surface area contributed by atoms with Crippen LogP contribution in [0.5, 0.6) is 11.5 Å². The quantitative estimate of drug-likeness (QED) is 0.837. The number of hydrogen-bond acceptors (Lipinski definition) is 4. The number of hydrogen-bond donors (Lipinski definition) is 1. The summed E-state index contributed by atoms with van der Waals surface area (Å²) in [6.07, 6.45) is 0. The van der Waals surface area contributed by atoms with E-state index in [9.17, 15) is 0 Å². The van der Waals surface area contributed by atoms with Crippen LogP contribution in [0, 0.1) is 0 Å². The van der Waals surface area contributed by atoms with Gasteiger partial charge in [0, 0.05) is 13.1 Å². The summed E-state index contributed by atoms with van der Waals surface area (Å²) in [4.78, 5) is 2.05. The van der Waals surface area contributed by atoms with E-state index in [1.54, 1.807) is 7.11 Å². The number of nitrogens with zero attached hydrogens (tertiary/aromatic N) is 1. The largest absolute Gasteiger partial charge is 0.492 e. The van der Waals surface area contributed by atoms with Crippen molar-refractivity contribution in [1.82, 2.24) is 4.90 Å². The highest BCUT2D eigenvalue weighted by atomic mass is 79.9. The normalized spacial score (nSPS) is 10.8. The first kappa shape index (κ1) is 15.3. The molecule has 0 radical (unpaired) electrons. The second kappa shape index (κ2) is 7.61. The summed E-state index contributed by atoms with van der Waals surface area (Å²) in [5, 5.41) is 8.89. The maximum absolute atomic E-state index is 8.89. The minimum atomic E-state index is 0.159. The monoisotopic (exact) mass is 317 g/mol. The molecule has 5 heteroatoms. The number of benzene rings is 1. The molecule has 0 atom stereocenters. The third-order valence-electron chi connectivity index (χ3n) is 2.51. The summed E-state index contributed by atoms with van der Waals surface area (Å²) >= 11 is 3.48. The van der Waals surface area contributed by atoms with E-state index in [0.717, 1.165) is 22.3 Å². The number of likely N-dealkylation sites (N-methyl/N-ethyl adjacent to an activating group) is 1. The summed E-state index contributed by atoms with van der Waals surface area (Å²) in [5.74, 6) is 1.45. The molecule has 0 aliphatic carbocycles. The van der Waals surface area contributed by atoms with Crippen LogP contribution in [0.4, 0.5) is 0 Å². The molecular weight excluding hydrogens is 298 g/mol. The Morgan fingerprint density at radius 3 is 2.67 bits per heavy atom. The second-order valence-electron chi connectivity index (χ2n) is 4.00. The van der Waals surface area contributed by atoms with E-state index in [1.807, 2.05) is 31.0 Å². The zero-order valence-corrected chi connectivity index (χ0v) is 12.7. The predicted molar refractivity (Wildman–Crippen MR) is 75.3 cm³/mol. The molecule has 0 unspecified atom stereocenters. The Morgan fingerprint density at radius 2 is 2.11 bits per heavy atom. The smallest absolute Gasteiger partial charge is 0.174 e. The molecule has 1 aromatic carbocycles. The molecule has 4 nitrogen and oxygen atoms in total. The number of methoxy groups -OCH3 is 1. The van der Waals surface area contributed by atoms with Crippen LogP contribution in [0.2, 0.25) is 0 Å². The van der Waals surface area contributed by atoms with Crippen molar-refractivity contribution in [3.63, 3.8) is 0 Å². The lowest BCUT2D eigenvalue weighted by Crippen LogP contribution is -2.21. The molecular formula is C13H20BrNO3. The summed E-state index contributed by atoms with van der Waals surface area (Å²) in [5.41, 5.74) is 1.11. The summed E-state index contributed by atoms with van der Waals surface area (Å²) in [7, 11) is 3.59. The summed E-state index contributed by atoms with van der Waals surface area (Å²) < 4.78 is 11.8. The molecule has 0 heterocycles. The van der Waals surface area contributed by atoms with Gasteiger partial charge in [-0.1, -0.05) is 0 Å². The Bertz CT molecular complexity index is 385. The molecule has 18 heavy (non-hydrogen) atoms. The van der Waals surface area contributed by atoms with Gasteiger partial charge in [-0.05, 0) is 47.6 Å². The molecule has 0 aromatic heterocycles. The van der Waals surface area contributed by atoms with Gasteiger partial charge in [-0.3, -0.25) is 4.90 Å². The Balaban J connectivity index is 2.93. The van der Waals surface area contributed by atoms with E-state index in [4.69, 9.17) is 14.6 Å². The van der Waals surface area contributed by atoms with Crippen molar-refractivity contribution in [2.75, 3.05) is 33.9 Å². The van der Waals surface area contributed by atoms with E-state index >= 15 is 0 Å². The Kier molecular flexibility index (Phi) is 6.46. The second-order valence-corrected chi connectivity index (χ2v) is 4.86. The number of rotatable bonds is 7. The van der Waals surface area contributed by atoms with Gasteiger partial charge in [0.05, 0.1) is 24.8 Å². The number of aliphatic hydroxyl groups excluding tert-OH is 1. The summed E-state index contributed by atoms with van der Waals surface area (Å²) in [6.45, 7) is 4.10. The van der Waals surface area contributed by atoms with Gasteiger partial charge in [-0.15, -0.1) is 0 Å². The molecule has 102 valence electrons. The average molecular weight is 318 g/mol. The van der Waals surface area contributed by atoms with Gasteiger partial charge in [-0.25, -0.2) is 0 Å². The fraction of sp³-hybridized carbons (Fsp3) is 0.538. The molecule has 0 saturated carbocycles. The predicted octanol–water partition coefficient (Wildman–Crippen LogP) is 2.28. The molecule has 1 rings (SSSR count). The van der Waals surface area contributed by atoms with E-state index in [-0.39, 0.29) is 6.61 Å². The number of aliphatic hydroxyl groups is 1. The lowest BCUT2D eigenvalue weighted by molar-refractivity contribution is 0.217. The minimum absolute atomic E-state index is 0.159. The fourth-order valence-electron chi connectivity index (χ4n) is 1.74. The van der Waals surface area contributed by atoms with Crippen molar-refractivity contribution < 1.29 is 14.6 Å². The molecule has 1 N–H and O–H groups in total. The maximum atomic E-state index is 8.89. The molecule has 0 aliphatic rings. The molecule has 0 saturated heterocycles. The first-order chi connectivity index (χ1) is 8.62. The van der Waals surface area contributed by atoms with Gasteiger partial charge in [0.25, 0.3) is 0 Å². The van der Waals surface area contributed by atoms with Crippen LogP contribution in [0.15, 0.2) is 16.6 Å². The van der Waals surface area contributed by atoms with Crippen molar-refractivity contribution in [2.45, 2.75) is 13.5 Å². The zero-order chi connectivity index (χ0) is 13.5. The highest BCUT2D eigenvalue weighted by Gasteiger charge is 2.12. The van der Waals surface area contributed by atoms with Crippen LogP contribution in [-0.4, -0.2) is 43.9 Å². The van der Waals surface area contributed by atoms with Crippen molar-refractivity contribution in [3.05, 3.63) is 22.2 Å². The van der Waals surface area contributed by atoms with Crippen LogP contribution >= 0.6 is 15.9 Å². The zero-order valence-electron chi connectivity index (χ0n) is 11.1. The molecule has 0 fully saturated rings. The highest BCUT2D eigenvalue weighted by Crippen LogP contribution is 2.36. The van der Waals surface area contributed by atoms with Gasteiger partial charge < -0.3 is 14.6 Å². The van der Waals surface area contributed by atoms with Gasteiger partial charge in [-0.2, -0.15) is 0 Å². The van der Waals surface area contributed by atoms with E-state index in [2.05, 4.69) is 15.9 Å². The third-order valence-corrected chi connectivity index (χ3v) is 3.10. The highest BCUT2D eigenvalue weighted by molar-refractivity contribution is 9.10. The van der Waals surface area contributed by atoms with Crippen LogP contribution in [0.25, 0.3) is 0 Å². The van der Waals surface area contributed by atoms with Crippen LogP contribution in [-0.2, 0) is 6.54 Å². The van der Waals surface area contributed by atoms with Gasteiger partial charge in [0.15, 0.2) is 11.5 Å². The van der Waals surface area contributed by atoms with Crippen molar-refractivity contribution in [3.8, 4) is 11.5 Å². The topological polar surface area (TPSA) is 41.9 Å². The molecule has 1 aromatic rings. The van der Waals surface area contributed by atoms with Gasteiger partial charge in [0.2, 0.25) is 0 Å². The first-order valence-electron chi connectivity index (χ1n) is 5.91. The SMILES string of the molecule is CCOc1cc(CN(C)CCO)cc(Br)c1OC. The van der Waals surface area contributed by atoms with Crippen molar-refractivity contribution in [2.24, 2.45) is 0 Å². The van der Waals surface area contributed by atoms with E-state index in [1.165, 1.54) is 0 Å². The lowest BCUT2D eigenvalue weighted by atomic mass is 10.2. The number of halogens is 1. The van der Waals surface area contributed by atoms with Crippen LogP contribution in [0.3, 0.4) is 0 Å². The van der Waals surface area contributed by atoms with E-state index < -0.39 is 0 Å². The van der Waals surface area contributed by atoms with Gasteiger partial charge >= 0.3 is 0 Å². The van der Waals surface area contributed by atoms with Crippen molar-refractivity contribution in [1.29, 1.82) is 0 Å². The lowest BCUT2D eigenvalue weighted by Gasteiger charge is -2.18. The Hall–Kier alpha value is -0.780. The maximum Gasteiger partial charge on any atom is 0.174 e. The average Bonchev–Trinajstić information content (AvgIpc) is 2.29. The minimum Gasteiger partial charge on any atom is -0.492 e. The Morgan fingerprint density at radius 1 is 1.39 bits per heavy atom. The standard InChI is InChI=1S/C13H20BrNO3/c1-4-18-12-8-10(9-15(2)5-6-16)7-11(14)13(12)17-3/h7-8,16H,4-6,9H2,1-3H3. The van der Waals surface area contributed by atoms with Crippen molar-refractivity contribution >= 4 is 15.9 Å². The van der Waals surface area contributed by atoms with Crippen LogP contribution in [0.1, 0.15) is 12.5 Å². The molecule has 0 bridgehead atoms. The van der Waals surface area contributed by atoms with Gasteiger partial charge in [0.1, 0.15) is 0 Å². The van der Waals surface area contributed by atoms with E-state index in [0.29, 0.717) is 18.9 Å². The Labute approximate surface area is 117 Å². The number of ether oxygens (including phenoxy) is 2. The molecule has 0 aliphatic heterocycles. The summed E-state index contributed by atoms with van der Waals surface area (Å²) in [6, 6.07) is 3.98. The molecule has 0 spiro atoms. The van der Waals surface area contributed by atoms with Crippen LogP contribution < -0.4 is 9.47 Å².